The highest BCUT2D eigenvalue weighted by molar-refractivity contribution is 6.09. The van der Waals surface area contributed by atoms with E-state index in [1.54, 1.807) is 0 Å². The van der Waals surface area contributed by atoms with Crippen molar-refractivity contribution in [2.75, 3.05) is 0 Å². The van der Waals surface area contributed by atoms with Gasteiger partial charge in [-0.3, -0.25) is 0 Å². The van der Waals surface area contributed by atoms with Gasteiger partial charge >= 0.3 is 0 Å². The van der Waals surface area contributed by atoms with Crippen LogP contribution in [0.5, 0.6) is 0 Å². The van der Waals surface area contributed by atoms with E-state index in [2.05, 4.69) is 102 Å². The van der Waals surface area contributed by atoms with Crippen LogP contribution in [0.1, 0.15) is 81.4 Å². The van der Waals surface area contributed by atoms with Gasteiger partial charge in [-0.1, -0.05) is 103 Å². The standard InChI is InChI=1S/C22H22.C3H8.3CH4/c1-5-10-19-15(4)17(6-2)18(7-3)20-13-8-11-16-12-9-14-21(19)22(16)20;1-3-2;;;/h5-14H,1-4H3;3H2,1-2H3;3*1H4/b10-5-,17-6-,18-7+;;;;. The van der Waals surface area contributed by atoms with E-state index in [-0.39, 0.29) is 22.3 Å². The van der Waals surface area contributed by atoms with Crippen LogP contribution in [0, 0.1) is 0 Å². The molecule has 154 valence electrons. The Morgan fingerprint density at radius 3 is 1.71 bits per heavy atom. The number of allylic oxidation sites excluding steroid dienone is 8. The number of hydrogen-bond acceptors (Lipinski definition) is 0. The number of hydrogen-bond donors (Lipinski definition) is 0. The molecule has 0 saturated carbocycles. The maximum Gasteiger partial charge on any atom is -0.00266 e. The summed E-state index contributed by atoms with van der Waals surface area (Å²) in [6.45, 7) is 12.8. The smallest absolute Gasteiger partial charge is 0.00266 e. The van der Waals surface area contributed by atoms with Gasteiger partial charge in [0.15, 0.2) is 0 Å². The van der Waals surface area contributed by atoms with Crippen molar-refractivity contribution in [1.29, 1.82) is 0 Å². The lowest BCUT2D eigenvalue weighted by atomic mass is 9.91. The van der Waals surface area contributed by atoms with Gasteiger partial charge in [-0.2, -0.15) is 0 Å². The highest BCUT2D eigenvalue weighted by Gasteiger charge is 2.21. The van der Waals surface area contributed by atoms with Crippen molar-refractivity contribution in [2.45, 2.75) is 70.2 Å². The van der Waals surface area contributed by atoms with Crippen LogP contribution in [-0.2, 0) is 0 Å². The first-order valence-electron chi connectivity index (χ1n) is 9.33. The molecule has 0 nitrogen and oxygen atoms in total. The molecule has 3 rings (SSSR count). The maximum absolute atomic E-state index is 2.25. The summed E-state index contributed by atoms with van der Waals surface area (Å²) < 4.78 is 0. The Morgan fingerprint density at radius 2 is 1.25 bits per heavy atom. The zero-order valence-electron chi connectivity index (χ0n) is 16.5. The van der Waals surface area contributed by atoms with Crippen LogP contribution >= 0.6 is 0 Å². The van der Waals surface area contributed by atoms with Crippen LogP contribution in [0.3, 0.4) is 0 Å². The highest BCUT2D eigenvalue weighted by atomic mass is 14.2. The van der Waals surface area contributed by atoms with Crippen molar-refractivity contribution < 1.29 is 0 Å². The molecule has 2 aromatic rings. The predicted octanol–water partition coefficient (Wildman–Crippen LogP) is 9.88. The lowest BCUT2D eigenvalue weighted by molar-refractivity contribution is 1.09. The zero-order chi connectivity index (χ0) is 18.4. The molecular weight excluding hydrogens is 336 g/mol. The summed E-state index contributed by atoms with van der Waals surface area (Å²) in [6.07, 6.45) is 10.1. The molecule has 0 atom stereocenters. The fraction of sp³-hybridized carbons (Fsp3) is 0.357. The van der Waals surface area contributed by atoms with Crippen molar-refractivity contribution in [1.82, 2.24) is 0 Å². The predicted molar refractivity (Wildman–Crippen MR) is 135 cm³/mol. The van der Waals surface area contributed by atoms with Gasteiger partial charge in [0.2, 0.25) is 0 Å². The van der Waals surface area contributed by atoms with Crippen molar-refractivity contribution in [3.05, 3.63) is 83.0 Å². The summed E-state index contributed by atoms with van der Waals surface area (Å²) in [6, 6.07) is 13.2. The third-order valence-corrected chi connectivity index (χ3v) is 4.49. The molecule has 0 amide bonds. The molecule has 0 bridgehead atoms. The average molecular weight is 379 g/mol. The molecule has 0 N–H and O–H groups in total. The fourth-order valence-corrected chi connectivity index (χ4v) is 3.55. The van der Waals surface area contributed by atoms with E-state index in [1.807, 2.05) is 0 Å². The molecule has 0 radical (unpaired) electrons. The third-order valence-electron chi connectivity index (χ3n) is 4.49. The fourth-order valence-electron chi connectivity index (χ4n) is 3.55. The van der Waals surface area contributed by atoms with Gasteiger partial charge in [-0.25, -0.2) is 0 Å². The SMILES string of the molecule is C.C.C.CCC.C\C=C/C1=C(C)\C(=C\C)C(=C/C)\c2cccc3cccc1c23. The van der Waals surface area contributed by atoms with Gasteiger partial charge in [-0.05, 0) is 71.9 Å². The summed E-state index contributed by atoms with van der Waals surface area (Å²) in [5, 5.41) is 2.67. The maximum atomic E-state index is 2.25. The summed E-state index contributed by atoms with van der Waals surface area (Å²) in [5.74, 6) is 0. The molecular formula is C28H42. The Hall–Kier alpha value is -2.34. The second kappa shape index (κ2) is 12.9. The lowest BCUT2D eigenvalue weighted by Crippen LogP contribution is -1.91. The Balaban J connectivity index is 0. The number of rotatable bonds is 1. The van der Waals surface area contributed by atoms with Gasteiger partial charge < -0.3 is 0 Å². The Bertz CT molecular complexity index is 865. The zero-order valence-corrected chi connectivity index (χ0v) is 16.5. The Kier molecular flexibility index (Phi) is 12.9. The molecule has 2 aromatic carbocycles. The summed E-state index contributed by atoms with van der Waals surface area (Å²) in [7, 11) is 0. The first kappa shape index (κ1) is 27.9. The van der Waals surface area contributed by atoms with Crippen LogP contribution in [0.4, 0.5) is 0 Å². The second-order valence-electron chi connectivity index (χ2n) is 6.36. The molecule has 0 aliphatic heterocycles. The summed E-state index contributed by atoms with van der Waals surface area (Å²) in [4.78, 5) is 0. The third kappa shape index (κ3) is 5.13. The highest BCUT2D eigenvalue weighted by Crippen LogP contribution is 2.43. The van der Waals surface area contributed by atoms with Crippen LogP contribution in [0.15, 0.2) is 71.8 Å². The topological polar surface area (TPSA) is 0 Å². The first-order valence-corrected chi connectivity index (χ1v) is 9.33. The van der Waals surface area contributed by atoms with Crippen molar-refractivity contribution in [3.8, 4) is 0 Å². The first-order chi connectivity index (χ1) is 12.1. The van der Waals surface area contributed by atoms with Crippen LogP contribution in [0.2, 0.25) is 0 Å². The molecule has 1 aliphatic rings. The van der Waals surface area contributed by atoms with Gasteiger partial charge in [0.1, 0.15) is 0 Å². The average Bonchev–Trinajstić information content (AvgIpc) is 2.72. The van der Waals surface area contributed by atoms with Crippen molar-refractivity contribution in [3.63, 3.8) is 0 Å². The van der Waals surface area contributed by atoms with E-state index in [0.717, 1.165) is 0 Å². The molecule has 0 unspecified atom stereocenters. The minimum Gasteiger partial charge on any atom is -0.0870 e. The summed E-state index contributed by atoms with van der Waals surface area (Å²) >= 11 is 0. The van der Waals surface area contributed by atoms with E-state index in [0.29, 0.717) is 0 Å². The molecule has 0 heterocycles. The monoisotopic (exact) mass is 378 g/mol. The van der Waals surface area contributed by atoms with Crippen molar-refractivity contribution >= 4 is 21.9 Å². The molecule has 0 heteroatoms. The second-order valence-corrected chi connectivity index (χ2v) is 6.36. The molecule has 1 aliphatic carbocycles. The Labute approximate surface area is 175 Å². The molecule has 0 saturated heterocycles. The van der Waals surface area contributed by atoms with Gasteiger partial charge in [0, 0.05) is 0 Å². The van der Waals surface area contributed by atoms with E-state index in [4.69, 9.17) is 0 Å². The normalized spacial score (nSPS) is 15.4. The minimum absolute atomic E-state index is 0. The molecule has 28 heavy (non-hydrogen) atoms. The van der Waals surface area contributed by atoms with Crippen molar-refractivity contribution in [2.24, 2.45) is 0 Å². The van der Waals surface area contributed by atoms with Gasteiger partial charge in [-0.15, -0.1) is 0 Å². The van der Waals surface area contributed by atoms with Crippen LogP contribution < -0.4 is 0 Å². The largest absolute Gasteiger partial charge is 0.0870 e. The van der Waals surface area contributed by atoms with E-state index in [9.17, 15) is 0 Å². The molecule has 0 aromatic heterocycles. The van der Waals surface area contributed by atoms with Gasteiger partial charge in [0.25, 0.3) is 0 Å². The van der Waals surface area contributed by atoms with E-state index < -0.39 is 0 Å². The van der Waals surface area contributed by atoms with Crippen LogP contribution in [-0.4, -0.2) is 0 Å². The summed E-state index contributed by atoms with van der Waals surface area (Å²) in [5.41, 5.74) is 8.00. The Morgan fingerprint density at radius 1 is 0.750 bits per heavy atom. The van der Waals surface area contributed by atoms with E-state index in [1.165, 1.54) is 50.6 Å². The lowest BCUT2D eigenvalue weighted by Gasteiger charge is -2.12. The quantitative estimate of drug-likeness (QED) is 0.463. The number of benzene rings is 2. The van der Waals surface area contributed by atoms with E-state index >= 15 is 0 Å². The molecule has 0 fully saturated rings. The molecule has 0 spiro atoms. The van der Waals surface area contributed by atoms with Gasteiger partial charge in [0.05, 0.1) is 0 Å². The minimum atomic E-state index is 0. The van der Waals surface area contributed by atoms with Crippen LogP contribution in [0.25, 0.3) is 21.9 Å².